The predicted molar refractivity (Wildman–Crippen MR) is 143 cm³/mol. The number of nitrogens with zero attached hydrogens (tertiary/aromatic N) is 1. The number of para-hydroxylation sites is 1. The number of halogens is 1. The lowest BCUT2D eigenvalue weighted by Gasteiger charge is -2.31. The zero-order valence-electron chi connectivity index (χ0n) is 18.7. The molecule has 7 rings (SSSR count). The van der Waals surface area contributed by atoms with Crippen LogP contribution in [0.2, 0.25) is 0 Å². The maximum absolute atomic E-state index is 6.74. The van der Waals surface area contributed by atoms with Crippen molar-refractivity contribution in [2.45, 2.75) is 31.8 Å². The van der Waals surface area contributed by atoms with Gasteiger partial charge in [0.15, 0.2) is 6.10 Å². The molecule has 0 radical (unpaired) electrons. The maximum atomic E-state index is 6.74. The Morgan fingerprint density at radius 2 is 1.50 bits per heavy atom. The number of hydrogen-bond acceptors (Lipinski definition) is 3. The minimum Gasteiger partial charge on any atom is -0.480 e. The molecule has 2 aromatic heterocycles. The molecule has 3 aromatic carbocycles. The minimum atomic E-state index is -0.192. The lowest BCUT2D eigenvalue weighted by Crippen LogP contribution is -2.18. The van der Waals surface area contributed by atoms with E-state index >= 15 is 0 Å². The van der Waals surface area contributed by atoms with Crippen LogP contribution < -0.4 is 4.74 Å². The fraction of sp³-hybridized carbons (Fsp3) is 0.167. The molecule has 1 unspecified atom stereocenters. The van der Waals surface area contributed by atoms with Crippen LogP contribution in [0.15, 0.2) is 84.9 Å². The van der Waals surface area contributed by atoms with Gasteiger partial charge < -0.3 is 4.74 Å². The molecule has 0 bridgehead atoms. The number of pyridine rings is 1. The number of rotatable bonds is 2. The highest BCUT2D eigenvalue weighted by atomic mass is 35.5. The molecule has 4 heteroatoms. The molecule has 3 heterocycles. The van der Waals surface area contributed by atoms with Crippen molar-refractivity contribution in [2.75, 3.05) is 0 Å². The molecule has 1 aliphatic carbocycles. The van der Waals surface area contributed by atoms with E-state index in [-0.39, 0.29) is 18.5 Å². The van der Waals surface area contributed by atoms with Crippen molar-refractivity contribution >= 4 is 34.0 Å². The summed E-state index contributed by atoms with van der Waals surface area (Å²) in [6, 6.07) is 29.8. The van der Waals surface area contributed by atoms with E-state index in [1.165, 1.54) is 56.6 Å². The second-order valence-electron chi connectivity index (χ2n) is 8.91. The van der Waals surface area contributed by atoms with Crippen molar-refractivity contribution in [3.63, 3.8) is 0 Å². The Labute approximate surface area is 209 Å². The van der Waals surface area contributed by atoms with Gasteiger partial charge in [0, 0.05) is 27.0 Å². The van der Waals surface area contributed by atoms with Crippen LogP contribution in [0, 0.1) is 0 Å². The van der Waals surface area contributed by atoms with E-state index in [0.717, 1.165) is 29.0 Å². The second kappa shape index (κ2) is 8.57. The number of aryl methyl sites for hydroxylation is 2. The average Bonchev–Trinajstić information content (AvgIpc) is 3.26. The third-order valence-electron chi connectivity index (χ3n) is 6.95. The Morgan fingerprint density at radius 3 is 2.32 bits per heavy atom. The van der Waals surface area contributed by atoms with E-state index < -0.39 is 0 Å². The van der Waals surface area contributed by atoms with E-state index in [0.29, 0.717) is 0 Å². The highest BCUT2D eigenvalue weighted by molar-refractivity contribution is 7.19. The van der Waals surface area contributed by atoms with Crippen LogP contribution in [0.4, 0.5) is 0 Å². The Hall–Kier alpha value is -3.14. The van der Waals surface area contributed by atoms with Crippen LogP contribution in [0.25, 0.3) is 32.6 Å². The molecule has 1 aliphatic heterocycles. The largest absolute Gasteiger partial charge is 0.480 e. The van der Waals surface area contributed by atoms with E-state index in [4.69, 9.17) is 9.72 Å². The zero-order chi connectivity index (χ0) is 21.8. The van der Waals surface area contributed by atoms with Gasteiger partial charge in [-0.15, -0.1) is 23.7 Å². The first-order valence-electron chi connectivity index (χ1n) is 11.7. The van der Waals surface area contributed by atoms with Gasteiger partial charge in [0.05, 0.1) is 5.69 Å². The summed E-state index contributed by atoms with van der Waals surface area (Å²) in [5.41, 5.74) is 8.58. The molecule has 0 amide bonds. The predicted octanol–water partition coefficient (Wildman–Crippen LogP) is 8.41. The summed E-state index contributed by atoms with van der Waals surface area (Å²) in [6.45, 7) is 0. The molecule has 0 saturated carbocycles. The fourth-order valence-corrected chi connectivity index (χ4v) is 6.75. The van der Waals surface area contributed by atoms with E-state index in [9.17, 15) is 0 Å². The van der Waals surface area contributed by atoms with Gasteiger partial charge in [-0.25, -0.2) is 4.98 Å². The van der Waals surface area contributed by atoms with Crippen LogP contribution in [0.3, 0.4) is 0 Å². The first-order valence-corrected chi connectivity index (χ1v) is 12.5. The summed E-state index contributed by atoms with van der Waals surface area (Å²) >= 11 is 1.90. The molecule has 0 spiro atoms. The summed E-state index contributed by atoms with van der Waals surface area (Å²) < 4.78 is 6.74. The summed E-state index contributed by atoms with van der Waals surface area (Å²) in [5.74, 6) is 0.908. The third-order valence-corrected chi connectivity index (χ3v) is 8.14. The van der Waals surface area contributed by atoms with Gasteiger partial charge in [-0.05, 0) is 54.5 Å². The van der Waals surface area contributed by atoms with Gasteiger partial charge in [-0.2, -0.15) is 0 Å². The molecular weight excluding hydrogens is 458 g/mol. The number of thiophene rings is 1. The number of benzene rings is 3. The zero-order valence-corrected chi connectivity index (χ0v) is 20.3. The van der Waals surface area contributed by atoms with Crippen molar-refractivity contribution in [1.82, 2.24) is 4.98 Å². The number of ether oxygens (including phenoxy) is 1. The third kappa shape index (κ3) is 3.26. The highest BCUT2D eigenvalue weighted by Crippen LogP contribution is 2.52. The van der Waals surface area contributed by atoms with E-state index in [1.54, 1.807) is 0 Å². The van der Waals surface area contributed by atoms with Gasteiger partial charge in [-0.1, -0.05) is 72.8 Å². The second-order valence-corrected chi connectivity index (χ2v) is 9.99. The Morgan fingerprint density at radius 1 is 0.794 bits per heavy atom. The molecule has 5 aromatic rings. The fourth-order valence-electron chi connectivity index (χ4n) is 5.48. The monoisotopic (exact) mass is 481 g/mol. The summed E-state index contributed by atoms with van der Waals surface area (Å²) in [6.07, 6.45) is 4.65. The van der Waals surface area contributed by atoms with Crippen LogP contribution >= 0.6 is 23.7 Å². The van der Waals surface area contributed by atoms with Crippen LogP contribution in [-0.2, 0) is 12.8 Å². The molecule has 1 atom stereocenters. The van der Waals surface area contributed by atoms with Gasteiger partial charge >= 0.3 is 0 Å². The van der Waals surface area contributed by atoms with Crippen LogP contribution in [0.5, 0.6) is 5.75 Å². The molecule has 0 fully saturated rings. The van der Waals surface area contributed by atoms with Crippen molar-refractivity contribution < 1.29 is 4.74 Å². The lowest BCUT2D eigenvalue weighted by molar-refractivity contribution is 0.243. The topological polar surface area (TPSA) is 22.1 Å². The summed E-state index contributed by atoms with van der Waals surface area (Å²) in [5, 5.41) is 1.35. The highest BCUT2D eigenvalue weighted by Gasteiger charge is 2.34. The number of aromatic nitrogens is 1. The van der Waals surface area contributed by atoms with Gasteiger partial charge in [0.2, 0.25) is 0 Å². The lowest BCUT2D eigenvalue weighted by atomic mass is 9.84. The Balaban J connectivity index is 0.00000217. The Kier molecular flexibility index (Phi) is 5.40. The molecule has 2 aliphatic rings. The van der Waals surface area contributed by atoms with Crippen molar-refractivity contribution in [3.8, 4) is 28.1 Å². The standard InChI is InChI=1S/C30H23NOS.ClH/c1-3-11-19(12-4-1)25-26-22-16-8-10-18-24(22)33-30(26)31-28-21-15-7-9-17-23(21)32-29(27(25)28)20-13-5-2-6-14-20;/h1-7,9,11-15,17,29H,8,10,16,18H2;1H. The average molecular weight is 482 g/mol. The molecule has 0 saturated heterocycles. The smallest absolute Gasteiger partial charge is 0.152 e. The first-order chi connectivity index (χ1) is 16.4. The van der Waals surface area contributed by atoms with Crippen LogP contribution in [0.1, 0.15) is 40.5 Å². The number of fused-ring (bicyclic) bond motifs is 6. The van der Waals surface area contributed by atoms with E-state index in [2.05, 4.69) is 78.9 Å². The normalized spacial score (nSPS) is 16.1. The van der Waals surface area contributed by atoms with Crippen LogP contribution in [-0.4, -0.2) is 4.98 Å². The number of hydrogen-bond donors (Lipinski definition) is 0. The van der Waals surface area contributed by atoms with Crippen molar-refractivity contribution in [1.29, 1.82) is 0 Å². The molecule has 34 heavy (non-hydrogen) atoms. The Bertz CT molecular complexity index is 1490. The molecule has 2 nitrogen and oxygen atoms in total. The van der Waals surface area contributed by atoms with Gasteiger partial charge in [0.1, 0.15) is 10.6 Å². The molecule has 0 N–H and O–H groups in total. The van der Waals surface area contributed by atoms with E-state index in [1.807, 2.05) is 17.4 Å². The van der Waals surface area contributed by atoms with Crippen molar-refractivity contribution in [3.05, 3.63) is 106 Å². The maximum Gasteiger partial charge on any atom is 0.152 e. The van der Waals surface area contributed by atoms with Gasteiger partial charge in [-0.3, -0.25) is 0 Å². The molecule has 168 valence electrons. The first kappa shape index (κ1) is 21.4. The summed E-state index contributed by atoms with van der Waals surface area (Å²) in [7, 11) is 0. The summed E-state index contributed by atoms with van der Waals surface area (Å²) in [4.78, 5) is 8.05. The van der Waals surface area contributed by atoms with Crippen molar-refractivity contribution in [2.24, 2.45) is 0 Å². The SMILES string of the molecule is Cl.c1ccc(-c2c3c(nc4sc5c(c24)CCCC5)-c2ccccc2OC3c2ccccc2)cc1. The van der Waals surface area contributed by atoms with Gasteiger partial charge in [0.25, 0.3) is 0 Å². The quantitative estimate of drug-likeness (QED) is 0.252. The molecular formula is C30H24ClNOS. The minimum absolute atomic E-state index is 0.